The summed E-state index contributed by atoms with van der Waals surface area (Å²) in [5, 5.41) is 0.628. The number of nitrogens with zero attached hydrogens (tertiary/aromatic N) is 3. The van der Waals surface area contributed by atoms with Crippen LogP contribution >= 0.6 is 11.6 Å². The lowest BCUT2D eigenvalue weighted by molar-refractivity contribution is 0.403. The predicted molar refractivity (Wildman–Crippen MR) is 119 cm³/mol. The molecule has 1 aromatic heterocycles. The Kier molecular flexibility index (Phi) is 5.91. The van der Waals surface area contributed by atoms with E-state index in [1.165, 1.54) is 12.1 Å². The van der Waals surface area contributed by atoms with Crippen LogP contribution in [-0.2, 0) is 6.42 Å². The number of aryl methyl sites for hydroxylation is 2. The summed E-state index contributed by atoms with van der Waals surface area (Å²) in [5.74, 6) is 1.01. The third-order valence-electron chi connectivity index (χ3n) is 5.77. The fourth-order valence-electron chi connectivity index (χ4n) is 4.32. The van der Waals surface area contributed by atoms with Crippen LogP contribution in [0, 0.1) is 25.6 Å². The largest absolute Gasteiger partial charge is 0.370 e. The number of benzene rings is 2. The lowest BCUT2D eigenvalue weighted by Crippen LogP contribution is -2.34. The second kappa shape index (κ2) is 8.60. The summed E-state index contributed by atoms with van der Waals surface area (Å²) in [5.41, 5.74) is 3.36. The highest BCUT2D eigenvalue weighted by molar-refractivity contribution is 6.33. The molecular weight excluding hydrogens is 401 g/mol. The first kappa shape index (κ1) is 20.6. The highest BCUT2D eigenvalue weighted by Gasteiger charge is 2.21. The molecule has 0 saturated carbocycles. The molecule has 0 N–H and O–H groups in total. The Hall–Kier alpha value is -2.66. The molecular formula is C24H25ClFN3O. The summed E-state index contributed by atoms with van der Waals surface area (Å²) < 4.78 is 15.0. The Balaban J connectivity index is 1.47. The Morgan fingerprint density at radius 2 is 1.87 bits per heavy atom. The van der Waals surface area contributed by atoms with Crippen LogP contribution in [0.2, 0.25) is 5.02 Å². The summed E-state index contributed by atoms with van der Waals surface area (Å²) in [4.78, 5) is 19.1. The van der Waals surface area contributed by atoms with Gasteiger partial charge in [-0.25, -0.2) is 9.37 Å². The van der Waals surface area contributed by atoms with E-state index in [0.29, 0.717) is 22.5 Å². The Morgan fingerprint density at radius 1 is 1.10 bits per heavy atom. The number of piperidine rings is 1. The zero-order valence-corrected chi connectivity index (χ0v) is 18.0. The molecule has 0 aliphatic carbocycles. The summed E-state index contributed by atoms with van der Waals surface area (Å²) in [6, 6.07) is 14.2. The van der Waals surface area contributed by atoms with Crippen molar-refractivity contribution >= 4 is 17.3 Å². The molecule has 1 fully saturated rings. The Labute approximate surface area is 180 Å². The van der Waals surface area contributed by atoms with E-state index in [2.05, 4.69) is 9.88 Å². The lowest BCUT2D eigenvalue weighted by Gasteiger charge is -2.34. The van der Waals surface area contributed by atoms with E-state index in [1.54, 1.807) is 16.7 Å². The van der Waals surface area contributed by atoms with E-state index in [4.69, 9.17) is 11.6 Å². The molecule has 0 amide bonds. The van der Waals surface area contributed by atoms with Crippen molar-refractivity contribution in [3.8, 4) is 5.69 Å². The van der Waals surface area contributed by atoms with Gasteiger partial charge in [0.2, 0.25) is 0 Å². The van der Waals surface area contributed by atoms with Gasteiger partial charge in [0.15, 0.2) is 0 Å². The molecule has 1 saturated heterocycles. The number of hydrogen-bond acceptors (Lipinski definition) is 3. The van der Waals surface area contributed by atoms with Gasteiger partial charge in [-0.1, -0.05) is 23.7 Å². The van der Waals surface area contributed by atoms with Crippen LogP contribution in [0.5, 0.6) is 0 Å². The summed E-state index contributed by atoms with van der Waals surface area (Å²) >= 11 is 6.61. The molecule has 0 bridgehead atoms. The number of hydrogen-bond donors (Lipinski definition) is 0. The molecule has 0 spiro atoms. The number of halogens is 2. The SMILES string of the molecule is Cc1cc(=O)n(-c2ccc(N3CCC(Cc4cccc(F)c4)CC3)c(Cl)c2)c(C)n1. The van der Waals surface area contributed by atoms with Crippen LogP contribution in [-0.4, -0.2) is 22.6 Å². The molecule has 2 aromatic carbocycles. The van der Waals surface area contributed by atoms with E-state index in [-0.39, 0.29) is 11.4 Å². The van der Waals surface area contributed by atoms with Gasteiger partial charge in [-0.15, -0.1) is 0 Å². The molecule has 1 aliphatic heterocycles. The average Bonchev–Trinajstić information content (AvgIpc) is 2.68. The summed E-state index contributed by atoms with van der Waals surface area (Å²) in [7, 11) is 0. The molecule has 4 rings (SSSR count). The van der Waals surface area contributed by atoms with Crippen LogP contribution in [0.15, 0.2) is 53.3 Å². The van der Waals surface area contributed by atoms with Crippen molar-refractivity contribution in [2.75, 3.05) is 18.0 Å². The smallest absolute Gasteiger partial charge is 0.258 e. The Morgan fingerprint density at radius 3 is 2.53 bits per heavy atom. The van der Waals surface area contributed by atoms with E-state index in [0.717, 1.165) is 49.3 Å². The average molecular weight is 426 g/mol. The summed E-state index contributed by atoms with van der Waals surface area (Å²) in [6.45, 7) is 5.44. The number of anilines is 1. The van der Waals surface area contributed by atoms with Crippen LogP contribution in [0.3, 0.4) is 0 Å². The van der Waals surface area contributed by atoms with Crippen LogP contribution in [0.25, 0.3) is 5.69 Å². The third-order valence-corrected chi connectivity index (χ3v) is 6.08. The first-order valence-corrected chi connectivity index (χ1v) is 10.6. The highest BCUT2D eigenvalue weighted by atomic mass is 35.5. The molecule has 0 radical (unpaired) electrons. The molecule has 6 heteroatoms. The quantitative estimate of drug-likeness (QED) is 0.583. The molecule has 4 nitrogen and oxygen atoms in total. The van der Waals surface area contributed by atoms with E-state index < -0.39 is 0 Å². The molecule has 0 unspecified atom stereocenters. The minimum atomic E-state index is -0.171. The molecule has 3 aromatic rings. The van der Waals surface area contributed by atoms with Crippen molar-refractivity contribution in [1.29, 1.82) is 0 Å². The highest BCUT2D eigenvalue weighted by Crippen LogP contribution is 2.32. The van der Waals surface area contributed by atoms with Crippen LogP contribution in [0.4, 0.5) is 10.1 Å². The first-order chi connectivity index (χ1) is 14.4. The van der Waals surface area contributed by atoms with E-state index in [9.17, 15) is 9.18 Å². The normalized spacial score (nSPS) is 14.9. The fourth-order valence-corrected chi connectivity index (χ4v) is 4.62. The van der Waals surface area contributed by atoms with Gasteiger partial charge in [0.05, 0.1) is 16.4 Å². The standard InChI is InChI=1S/C24H25ClFN3O/c1-16-12-24(30)29(17(2)27-16)21-6-7-23(22(25)15-21)28-10-8-18(9-11-28)13-19-4-3-5-20(26)14-19/h3-7,12,14-15,18H,8-11,13H2,1-2H3. The second-order valence-electron chi connectivity index (χ2n) is 8.02. The first-order valence-electron chi connectivity index (χ1n) is 10.3. The maximum atomic E-state index is 13.4. The van der Waals surface area contributed by atoms with Gasteiger partial charge in [-0.2, -0.15) is 0 Å². The number of rotatable bonds is 4. The third kappa shape index (κ3) is 4.41. The van der Waals surface area contributed by atoms with Gasteiger partial charge in [0.25, 0.3) is 5.56 Å². The maximum Gasteiger partial charge on any atom is 0.258 e. The van der Waals surface area contributed by atoms with Gasteiger partial charge in [-0.05, 0) is 74.9 Å². The van der Waals surface area contributed by atoms with Gasteiger partial charge >= 0.3 is 0 Å². The van der Waals surface area contributed by atoms with Gasteiger partial charge in [-0.3, -0.25) is 9.36 Å². The van der Waals surface area contributed by atoms with Crippen molar-refractivity contribution < 1.29 is 4.39 Å². The van der Waals surface area contributed by atoms with Crippen molar-refractivity contribution in [3.05, 3.63) is 86.8 Å². The predicted octanol–water partition coefficient (Wildman–Crippen LogP) is 5.10. The van der Waals surface area contributed by atoms with E-state index >= 15 is 0 Å². The monoisotopic (exact) mass is 425 g/mol. The Bertz CT molecular complexity index is 1120. The van der Waals surface area contributed by atoms with Gasteiger partial charge < -0.3 is 4.90 Å². The zero-order chi connectivity index (χ0) is 21.3. The van der Waals surface area contributed by atoms with Crippen molar-refractivity contribution in [3.63, 3.8) is 0 Å². The molecule has 1 aliphatic rings. The fraction of sp³-hybridized carbons (Fsp3) is 0.333. The van der Waals surface area contributed by atoms with E-state index in [1.807, 2.05) is 38.1 Å². The molecule has 156 valence electrons. The van der Waals surface area contributed by atoms with Crippen molar-refractivity contribution in [2.24, 2.45) is 5.92 Å². The second-order valence-corrected chi connectivity index (χ2v) is 8.43. The minimum Gasteiger partial charge on any atom is -0.370 e. The lowest BCUT2D eigenvalue weighted by atomic mass is 9.90. The van der Waals surface area contributed by atoms with Gasteiger partial charge in [0, 0.05) is 24.8 Å². The van der Waals surface area contributed by atoms with Crippen LogP contribution in [0.1, 0.15) is 29.9 Å². The summed E-state index contributed by atoms with van der Waals surface area (Å²) in [6.07, 6.45) is 2.98. The van der Waals surface area contributed by atoms with Crippen molar-refractivity contribution in [2.45, 2.75) is 33.1 Å². The topological polar surface area (TPSA) is 38.1 Å². The van der Waals surface area contributed by atoms with Crippen molar-refractivity contribution in [1.82, 2.24) is 9.55 Å². The molecule has 2 heterocycles. The molecule has 0 atom stereocenters. The molecule has 30 heavy (non-hydrogen) atoms. The zero-order valence-electron chi connectivity index (χ0n) is 17.2. The van der Waals surface area contributed by atoms with Gasteiger partial charge in [0.1, 0.15) is 11.6 Å². The minimum absolute atomic E-state index is 0.109. The van der Waals surface area contributed by atoms with Crippen LogP contribution < -0.4 is 10.5 Å². The number of aromatic nitrogens is 2. The maximum absolute atomic E-state index is 13.4.